The second-order valence-corrected chi connectivity index (χ2v) is 5.42. The minimum absolute atomic E-state index is 0.0837. The molecule has 20 heavy (non-hydrogen) atoms. The highest BCUT2D eigenvalue weighted by Gasteiger charge is 2.08. The van der Waals surface area contributed by atoms with Gasteiger partial charge in [-0.3, -0.25) is 4.79 Å². The maximum Gasteiger partial charge on any atom is 0.220 e. The second kappa shape index (κ2) is 7.78. The van der Waals surface area contributed by atoms with E-state index in [1.807, 2.05) is 39.0 Å². The first-order valence-corrected chi connectivity index (χ1v) is 7.26. The molecule has 3 N–H and O–H groups in total. The maximum atomic E-state index is 11.7. The molecular formula is C16H26N2O2. The summed E-state index contributed by atoms with van der Waals surface area (Å²) < 4.78 is 5.59. The number of carbonyl (C=O) groups is 1. The summed E-state index contributed by atoms with van der Waals surface area (Å²) in [5, 5.41) is 2.96. The van der Waals surface area contributed by atoms with Gasteiger partial charge >= 0.3 is 0 Å². The zero-order valence-corrected chi connectivity index (χ0v) is 12.9. The Balaban J connectivity index is 2.53. The van der Waals surface area contributed by atoms with Gasteiger partial charge in [0, 0.05) is 12.5 Å². The molecule has 4 heteroatoms. The predicted octanol–water partition coefficient (Wildman–Crippen LogP) is 2.90. The van der Waals surface area contributed by atoms with Gasteiger partial charge in [-0.05, 0) is 51.3 Å². The third-order valence-electron chi connectivity index (χ3n) is 3.10. The van der Waals surface area contributed by atoms with Crippen molar-refractivity contribution in [2.75, 3.05) is 5.73 Å². The zero-order valence-electron chi connectivity index (χ0n) is 12.9. The first kappa shape index (κ1) is 16.3. The van der Waals surface area contributed by atoms with Crippen molar-refractivity contribution in [2.45, 2.75) is 59.1 Å². The topological polar surface area (TPSA) is 64.3 Å². The van der Waals surface area contributed by atoms with Gasteiger partial charge in [0.05, 0.1) is 11.8 Å². The van der Waals surface area contributed by atoms with E-state index in [4.69, 9.17) is 10.5 Å². The number of hydrogen-bond acceptors (Lipinski definition) is 3. The van der Waals surface area contributed by atoms with Gasteiger partial charge in [-0.15, -0.1) is 0 Å². The van der Waals surface area contributed by atoms with Crippen LogP contribution in [0.5, 0.6) is 5.75 Å². The molecule has 0 aliphatic rings. The SMILES string of the molecule is CCC(C)NC(=O)CCc1ccc(OC(C)C)c(N)c1. The lowest BCUT2D eigenvalue weighted by Gasteiger charge is -2.14. The fourth-order valence-corrected chi connectivity index (χ4v) is 1.82. The highest BCUT2D eigenvalue weighted by atomic mass is 16.5. The molecule has 0 spiro atoms. The molecule has 1 unspecified atom stereocenters. The lowest BCUT2D eigenvalue weighted by Crippen LogP contribution is -2.32. The van der Waals surface area contributed by atoms with Gasteiger partial charge in [-0.25, -0.2) is 0 Å². The van der Waals surface area contributed by atoms with Crippen LogP contribution in [0.4, 0.5) is 5.69 Å². The first-order valence-electron chi connectivity index (χ1n) is 7.26. The maximum absolute atomic E-state index is 11.7. The molecule has 0 bridgehead atoms. The molecule has 0 heterocycles. The van der Waals surface area contributed by atoms with Crippen LogP contribution in [-0.2, 0) is 11.2 Å². The molecule has 0 fully saturated rings. The van der Waals surface area contributed by atoms with E-state index in [0.717, 1.165) is 12.0 Å². The minimum atomic E-state index is 0.0837. The van der Waals surface area contributed by atoms with Crippen LogP contribution in [0.1, 0.15) is 46.1 Å². The summed E-state index contributed by atoms with van der Waals surface area (Å²) in [4.78, 5) is 11.7. The summed E-state index contributed by atoms with van der Waals surface area (Å²) in [6.45, 7) is 7.99. The Kier molecular flexibility index (Phi) is 6.36. The van der Waals surface area contributed by atoms with Crippen molar-refractivity contribution in [3.8, 4) is 5.75 Å². The van der Waals surface area contributed by atoms with E-state index in [1.165, 1.54) is 0 Å². The number of hydrogen-bond donors (Lipinski definition) is 2. The standard InChI is InChI=1S/C16H26N2O2/c1-5-12(4)18-16(19)9-7-13-6-8-15(14(17)10-13)20-11(2)3/h6,8,10-12H,5,7,9,17H2,1-4H3,(H,18,19). The van der Waals surface area contributed by atoms with Crippen molar-refractivity contribution >= 4 is 11.6 Å². The molecular weight excluding hydrogens is 252 g/mol. The van der Waals surface area contributed by atoms with E-state index < -0.39 is 0 Å². The van der Waals surface area contributed by atoms with E-state index in [0.29, 0.717) is 24.3 Å². The molecule has 0 aliphatic heterocycles. The normalized spacial score (nSPS) is 12.2. The van der Waals surface area contributed by atoms with Crippen LogP contribution in [0, 0.1) is 0 Å². The third kappa shape index (κ3) is 5.51. The van der Waals surface area contributed by atoms with Crippen molar-refractivity contribution in [3.63, 3.8) is 0 Å². The molecule has 1 rings (SSSR count). The summed E-state index contributed by atoms with van der Waals surface area (Å²) >= 11 is 0. The fraction of sp³-hybridized carbons (Fsp3) is 0.562. The number of rotatable bonds is 7. The quantitative estimate of drug-likeness (QED) is 0.754. The summed E-state index contributed by atoms with van der Waals surface area (Å²) in [6, 6.07) is 5.95. The summed E-state index contributed by atoms with van der Waals surface area (Å²) in [5.74, 6) is 0.785. The van der Waals surface area contributed by atoms with Crippen molar-refractivity contribution in [3.05, 3.63) is 23.8 Å². The Labute approximate surface area is 121 Å². The Morgan fingerprint density at radius 2 is 2.05 bits per heavy atom. The first-order chi connectivity index (χ1) is 9.42. The smallest absolute Gasteiger partial charge is 0.220 e. The number of benzene rings is 1. The molecule has 112 valence electrons. The number of nitrogen functional groups attached to an aromatic ring is 1. The Hall–Kier alpha value is -1.71. The van der Waals surface area contributed by atoms with Crippen LogP contribution < -0.4 is 15.8 Å². The van der Waals surface area contributed by atoms with Crippen LogP contribution in [-0.4, -0.2) is 18.1 Å². The second-order valence-electron chi connectivity index (χ2n) is 5.42. The van der Waals surface area contributed by atoms with Crippen LogP contribution >= 0.6 is 0 Å². The lowest BCUT2D eigenvalue weighted by molar-refractivity contribution is -0.121. The highest BCUT2D eigenvalue weighted by molar-refractivity contribution is 5.76. The Morgan fingerprint density at radius 3 is 2.60 bits per heavy atom. The van der Waals surface area contributed by atoms with Gasteiger partial charge in [-0.2, -0.15) is 0 Å². The van der Waals surface area contributed by atoms with Crippen LogP contribution in [0.2, 0.25) is 0 Å². The molecule has 1 atom stereocenters. The summed E-state index contributed by atoms with van der Waals surface area (Å²) in [5.41, 5.74) is 7.63. The zero-order chi connectivity index (χ0) is 15.1. The Morgan fingerprint density at radius 1 is 1.35 bits per heavy atom. The van der Waals surface area contributed by atoms with Crippen LogP contribution in [0.15, 0.2) is 18.2 Å². The van der Waals surface area contributed by atoms with Crippen molar-refractivity contribution in [1.82, 2.24) is 5.32 Å². The van der Waals surface area contributed by atoms with E-state index in [1.54, 1.807) is 0 Å². The number of ether oxygens (including phenoxy) is 1. The number of nitrogens with two attached hydrogens (primary N) is 1. The van der Waals surface area contributed by atoms with Gasteiger partial charge in [0.25, 0.3) is 0 Å². The third-order valence-corrected chi connectivity index (χ3v) is 3.10. The molecule has 0 radical (unpaired) electrons. The summed E-state index contributed by atoms with van der Waals surface area (Å²) in [6.07, 6.45) is 2.21. The van der Waals surface area contributed by atoms with Crippen LogP contribution in [0.25, 0.3) is 0 Å². The molecule has 1 aromatic rings. The van der Waals surface area contributed by atoms with E-state index in [9.17, 15) is 4.79 Å². The highest BCUT2D eigenvalue weighted by Crippen LogP contribution is 2.24. The van der Waals surface area contributed by atoms with Crippen molar-refractivity contribution in [1.29, 1.82) is 0 Å². The Bertz CT molecular complexity index is 444. The number of nitrogens with one attached hydrogen (secondary N) is 1. The van der Waals surface area contributed by atoms with Crippen molar-refractivity contribution in [2.24, 2.45) is 0 Å². The van der Waals surface area contributed by atoms with Crippen molar-refractivity contribution < 1.29 is 9.53 Å². The molecule has 0 aromatic heterocycles. The van der Waals surface area contributed by atoms with Crippen LogP contribution in [0.3, 0.4) is 0 Å². The minimum Gasteiger partial charge on any atom is -0.489 e. The number of amides is 1. The van der Waals surface area contributed by atoms with Gasteiger partial charge < -0.3 is 15.8 Å². The molecule has 1 aromatic carbocycles. The molecule has 4 nitrogen and oxygen atoms in total. The largest absolute Gasteiger partial charge is 0.489 e. The number of anilines is 1. The van der Waals surface area contributed by atoms with E-state index in [2.05, 4.69) is 12.2 Å². The average Bonchev–Trinajstić information content (AvgIpc) is 2.38. The predicted molar refractivity (Wildman–Crippen MR) is 82.8 cm³/mol. The lowest BCUT2D eigenvalue weighted by atomic mass is 10.1. The van der Waals surface area contributed by atoms with Gasteiger partial charge in [-0.1, -0.05) is 13.0 Å². The molecule has 0 aliphatic carbocycles. The average molecular weight is 278 g/mol. The van der Waals surface area contributed by atoms with Gasteiger partial charge in [0.1, 0.15) is 5.75 Å². The van der Waals surface area contributed by atoms with E-state index >= 15 is 0 Å². The summed E-state index contributed by atoms with van der Waals surface area (Å²) in [7, 11) is 0. The monoisotopic (exact) mass is 278 g/mol. The number of carbonyl (C=O) groups excluding carboxylic acids is 1. The van der Waals surface area contributed by atoms with E-state index in [-0.39, 0.29) is 18.1 Å². The molecule has 0 saturated heterocycles. The molecule has 0 saturated carbocycles. The van der Waals surface area contributed by atoms with Gasteiger partial charge in [0.2, 0.25) is 5.91 Å². The molecule has 1 amide bonds. The number of aryl methyl sites for hydroxylation is 1. The fourth-order valence-electron chi connectivity index (χ4n) is 1.82. The van der Waals surface area contributed by atoms with Gasteiger partial charge in [0.15, 0.2) is 0 Å².